The summed E-state index contributed by atoms with van der Waals surface area (Å²) in [7, 11) is 0. The van der Waals surface area contributed by atoms with Crippen LogP contribution in [0.3, 0.4) is 0 Å². The number of carbonyl (C=O) groups excluding carboxylic acids is 1. The second kappa shape index (κ2) is 7.21. The van der Waals surface area contributed by atoms with Crippen LogP contribution in [-0.2, 0) is 12.6 Å². The second-order valence-electron chi connectivity index (χ2n) is 5.45. The molecule has 0 saturated heterocycles. The van der Waals surface area contributed by atoms with Crippen molar-refractivity contribution in [3.8, 4) is 0 Å². The van der Waals surface area contributed by atoms with Gasteiger partial charge in [-0.1, -0.05) is 11.6 Å². The summed E-state index contributed by atoms with van der Waals surface area (Å²) in [6.07, 6.45) is -2.54. The van der Waals surface area contributed by atoms with Gasteiger partial charge in [0.25, 0.3) is 5.91 Å². The Morgan fingerprint density at radius 3 is 2.71 bits per heavy atom. The van der Waals surface area contributed by atoms with Gasteiger partial charge in [0.2, 0.25) is 0 Å². The highest BCUT2D eigenvalue weighted by molar-refractivity contribution is 6.33. The summed E-state index contributed by atoms with van der Waals surface area (Å²) in [5, 5.41) is 10.3. The molecule has 0 fully saturated rings. The van der Waals surface area contributed by atoms with Crippen molar-refractivity contribution in [2.24, 2.45) is 0 Å². The number of halogens is 4. The lowest BCUT2D eigenvalue weighted by Gasteiger charge is -2.12. The summed E-state index contributed by atoms with van der Waals surface area (Å²) in [6.45, 7) is 4.14. The van der Waals surface area contributed by atoms with E-state index in [0.717, 1.165) is 18.2 Å². The lowest BCUT2D eigenvalue weighted by Crippen LogP contribution is -2.27. The fourth-order valence-corrected chi connectivity index (χ4v) is 2.34. The van der Waals surface area contributed by atoms with Gasteiger partial charge in [-0.3, -0.25) is 4.79 Å². The molecule has 1 amide bonds. The van der Waals surface area contributed by atoms with Crippen LogP contribution in [0.15, 0.2) is 24.5 Å². The number of aromatic nitrogens is 3. The molecule has 9 heteroatoms. The van der Waals surface area contributed by atoms with Crippen LogP contribution in [0.2, 0.25) is 5.02 Å². The number of nitrogens with zero attached hydrogens (tertiary/aromatic N) is 3. The van der Waals surface area contributed by atoms with Gasteiger partial charge >= 0.3 is 6.18 Å². The minimum absolute atomic E-state index is 0.0363. The third kappa shape index (κ3) is 4.25. The molecule has 1 aromatic carbocycles. The predicted molar refractivity (Wildman–Crippen MR) is 82.9 cm³/mol. The number of amides is 1. The van der Waals surface area contributed by atoms with Crippen LogP contribution >= 0.6 is 11.6 Å². The van der Waals surface area contributed by atoms with Gasteiger partial charge in [0.1, 0.15) is 12.2 Å². The Kier molecular flexibility index (Phi) is 5.48. The van der Waals surface area contributed by atoms with E-state index in [1.807, 2.05) is 18.4 Å². The van der Waals surface area contributed by atoms with Gasteiger partial charge in [0, 0.05) is 19.0 Å². The summed E-state index contributed by atoms with van der Waals surface area (Å²) < 4.78 is 40.0. The van der Waals surface area contributed by atoms with E-state index in [1.165, 1.54) is 0 Å². The Morgan fingerprint density at radius 2 is 2.08 bits per heavy atom. The van der Waals surface area contributed by atoms with Crippen molar-refractivity contribution in [3.63, 3.8) is 0 Å². The first-order valence-corrected chi connectivity index (χ1v) is 7.61. The number of hydrogen-bond acceptors (Lipinski definition) is 3. The lowest BCUT2D eigenvalue weighted by atomic mass is 10.1. The molecule has 1 heterocycles. The summed E-state index contributed by atoms with van der Waals surface area (Å²) in [5.41, 5.74) is -1.13. The van der Waals surface area contributed by atoms with E-state index >= 15 is 0 Å². The van der Waals surface area contributed by atoms with Gasteiger partial charge in [-0.15, -0.1) is 10.2 Å². The number of carbonyl (C=O) groups is 1. The minimum Gasteiger partial charge on any atom is -0.352 e. The highest BCUT2D eigenvalue weighted by Gasteiger charge is 2.31. The molecular formula is C15H16ClF3N4O. The molecule has 0 aliphatic carbocycles. The molecule has 1 aromatic heterocycles. The normalized spacial score (nSPS) is 11.8. The van der Waals surface area contributed by atoms with Gasteiger partial charge < -0.3 is 9.88 Å². The molecule has 130 valence electrons. The van der Waals surface area contributed by atoms with Crippen molar-refractivity contribution in [3.05, 3.63) is 46.5 Å². The predicted octanol–water partition coefficient (Wildman–Crippen LogP) is 3.50. The minimum atomic E-state index is -4.53. The number of hydrogen-bond donors (Lipinski definition) is 1. The van der Waals surface area contributed by atoms with Gasteiger partial charge in [-0.05, 0) is 32.0 Å². The highest BCUT2D eigenvalue weighted by atomic mass is 35.5. The molecule has 1 N–H and O–H groups in total. The zero-order chi connectivity index (χ0) is 17.9. The monoisotopic (exact) mass is 360 g/mol. The summed E-state index contributed by atoms with van der Waals surface area (Å²) in [6, 6.07) is 2.82. The van der Waals surface area contributed by atoms with Crippen molar-refractivity contribution in [2.75, 3.05) is 6.54 Å². The number of benzene rings is 1. The summed E-state index contributed by atoms with van der Waals surface area (Å²) >= 11 is 5.83. The van der Waals surface area contributed by atoms with E-state index in [9.17, 15) is 18.0 Å². The molecule has 24 heavy (non-hydrogen) atoms. The third-order valence-electron chi connectivity index (χ3n) is 3.38. The Labute approximate surface area is 141 Å². The largest absolute Gasteiger partial charge is 0.416 e. The van der Waals surface area contributed by atoms with E-state index in [0.29, 0.717) is 12.2 Å². The zero-order valence-electron chi connectivity index (χ0n) is 13.1. The zero-order valence-corrected chi connectivity index (χ0v) is 13.8. The average Bonchev–Trinajstić information content (AvgIpc) is 2.95. The Hall–Kier alpha value is -2.09. The molecule has 0 atom stereocenters. The summed E-state index contributed by atoms with van der Waals surface area (Å²) in [4.78, 5) is 12.1. The third-order valence-corrected chi connectivity index (χ3v) is 3.71. The molecule has 0 spiro atoms. The molecule has 0 saturated carbocycles. The molecule has 0 unspecified atom stereocenters. The fourth-order valence-electron chi connectivity index (χ4n) is 2.14. The maximum Gasteiger partial charge on any atom is 0.416 e. The molecule has 0 radical (unpaired) electrons. The van der Waals surface area contributed by atoms with Crippen LogP contribution in [-0.4, -0.2) is 27.2 Å². The van der Waals surface area contributed by atoms with Gasteiger partial charge in [0.15, 0.2) is 0 Å². The van der Waals surface area contributed by atoms with Crippen LogP contribution < -0.4 is 5.32 Å². The van der Waals surface area contributed by atoms with Crippen molar-refractivity contribution in [1.29, 1.82) is 0 Å². The maximum absolute atomic E-state index is 12.7. The van der Waals surface area contributed by atoms with E-state index < -0.39 is 17.6 Å². The number of rotatable bonds is 5. The Bertz CT molecular complexity index is 728. The topological polar surface area (TPSA) is 59.8 Å². The van der Waals surface area contributed by atoms with E-state index in [4.69, 9.17) is 11.6 Å². The van der Waals surface area contributed by atoms with E-state index in [2.05, 4.69) is 15.5 Å². The summed E-state index contributed by atoms with van der Waals surface area (Å²) in [5.74, 6) is 0.0159. The van der Waals surface area contributed by atoms with Gasteiger partial charge in [0.05, 0.1) is 16.1 Å². The Balaban J connectivity index is 2.04. The molecule has 2 aromatic rings. The molecule has 2 rings (SSSR count). The molecule has 0 bridgehead atoms. The first-order valence-electron chi connectivity index (χ1n) is 7.23. The second-order valence-corrected chi connectivity index (χ2v) is 5.85. The van der Waals surface area contributed by atoms with Crippen LogP contribution in [0.5, 0.6) is 0 Å². The van der Waals surface area contributed by atoms with Crippen molar-refractivity contribution >= 4 is 17.5 Å². The highest BCUT2D eigenvalue weighted by Crippen LogP contribution is 2.31. The smallest absolute Gasteiger partial charge is 0.352 e. The standard InChI is InChI=1S/C15H16ClF3N4O/c1-9(2)23-8-21-22-13(23)5-6-20-14(24)11-7-10(15(17,18)19)3-4-12(11)16/h3-4,7-9H,5-6H2,1-2H3,(H,20,24). The average molecular weight is 361 g/mol. The van der Waals surface area contributed by atoms with E-state index in [-0.39, 0.29) is 23.2 Å². The lowest BCUT2D eigenvalue weighted by molar-refractivity contribution is -0.137. The molecule has 0 aliphatic heterocycles. The molecule has 0 aliphatic rings. The van der Waals surface area contributed by atoms with Crippen molar-refractivity contribution < 1.29 is 18.0 Å². The van der Waals surface area contributed by atoms with Gasteiger partial charge in [-0.2, -0.15) is 13.2 Å². The Morgan fingerprint density at radius 1 is 1.38 bits per heavy atom. The van der Waals surface area contributed by atoms with Crippen molar-refractivity contribution in [2.45, 2.75) is 32.5 Å². The van der Waals surface area contributed by atoms with Crippen LogP contribution in [0.25, 0.3) is 0 Å². The van der Waals surface area contributed by atoms with Crippen LogP contribution in [0, 0.1) is 0 Å². The molecule has 5 nitrogen and oxygen atoms in total. The maximum atomic E-state index is 12.7. The first kappa shape index (κ1) is 18.3. The van der Waals surface area contributed by atoms with Gasteiger partial charge in [-0.25, -0.2) is 0 Å². The van der Waals surface area contributed by atoms with Crippen LogP contribution in [0.1, 0.15) is 41.6 Å². The van der Waals surface area contributed by atoms with E-state index in [1.54, 1.807) is 6.33 Å². The quantitative estimate of drug-likeness (QED) is 0.887. The SMILES string of the molecule is CC(C)n1cnnc1CCNC(=O)c1cc(C(F)(F)F)ccc1Cl. The first-order chi connectivity index (χ1) is 11.2. The number of alkyl halides is 3. The molecular weight excluding hydrogens is 345 g/mol. The number of nitrogens with one attached hydrogen (secondary N) is 1. The fraction of sp³-hybridized carbons (Fsp3) is 0.400. The van der Waals surface area contributed by atoms with Crippen molar-refractivity contribution in [1.82, 2.24) is 20.1 Å². The van der Waals surface area contributed by atoms with Crippen LogP contribution in [0.4, 0.5) is 13.2 Å².